The van der Waals surface area contributed by atoms with Gasteiger partial charge in [0.05, 0.1) is 45.8 Å². The Hall–Kier alpha value is -8.28. The number of phenolic OH excluding ortho intramolecular Hbond substituents is 1. The molecular weight excluding hydrogens is 1020 g/mol. The lowest BCUT2D eigenvalue weighted by Gasteiger charge is -2.43. The van der Waals surface area contributed by atoms with Crippen molar-refractivity contribution in [3.05, 3.63) is 126 Å². The number of phenols is 1. The Balaban J connectivity index is 0.614. The molecule has 3 aliphatic heterocycles. The van der Waals surface area contributed by atoms with Gasteiger partial charge in [0, 0.05) is 87.0 Å². The van der Waals surface area contributed by atoms with Crippen molar-refractivity contribution in [2.45, 2.75) is 115 Å². The van der Waals surface area contributed by atoms with Crippen LogP contribution in [0.3, 0.4) is 0 Å². The first-order chi connectivity index (χ1) is 38.3. The Morgan fingerprint density at radius 3 is 2.42 bits per heavy atom. The van der Waals surface area contributed by atoms with E-state index in [0.29, 0.717) is 46.6 Å². The first-order valence-electron chi connectivity index (χ1n) is 26.9. The second-order valence-corrected chi connectivity index (χ2v) is 22.0. The number of aliphatic hydroxyl groups is 1. The highest BCUT2D eigenvalue weighted by Gasteiger charge is 2.44. The number of nitrogens with two attached hydrogens (primary N) is 1. The molecule has 2 aromatic carbocycles. The number of piperazine rings is 1. The number of likely N-dealkylation sites (tertiary alicyclic amines) is 1. The molecule has 4 aliphatic rings. The van der Waals surface area contributed by atoms with E-state index in [1.165, 1.54) is 4.90 Å². The number of hydrogen-bond donors (Lipinski definition) is 4. The highest BCUT2D eigenvalue weighted by atomic mass is 32.1. The summed E-state index contributed by atoms with van der Waals surface area (Å²) in [5, 5.41) is 36.8. The number of hydrogen-bond acceptors (Lipinski definition) is 18. The van der Waals surface area contributed by atoms with Gasteiger partial charge in [-0.15, -0.1) is 21.5 Å². The first-order valence-corrected chi connectivity index (χ1v) is 27.8. The number of carbonyl (C=O) groups excluding carboxylic acids is 2. The maximum Gasteiger partial charge on any atom is 0.254 e. The Morgan fingerprint density at radius 2 is 1.68 bits per heavy atom. The number of aromatic hydroxyl groups is 1. The van der Waals surface area contributed by atoms with Gasteiger partial charge < -0.3 is 54.7 Å². The number of aryl methyl sites for hydroxylation is 1. The number of nitrogens with zero attached hydrogens (tertiary/aromatic N) is 9. The van der Waals surface area contributed by atoms with Crippen molar-refractivity contribution in [1.82, 2.24) is 40.5 Å². The van der Waals surface area contributed by atoms with Gasteiger partial charge in [-0.3, -0.25) is 9.59 Å². The van der Waals surface area contributed by atoms with Gasteiger partial charge >= 0.3 is 0 Å². The van der Waals surface area contributed by atoms with Crippen LogP contribution in [0.15, 0.2) is 107 Å². The van der Waals surface area contributed by atoms with E-state index in [-0.39, 0.29) is 79.3 Å². The minimum atomic E-state index is -0.851. The molecule has 8 heterocycles. The molecule has 1 unspecified atom stereocenters. The lowest BCUT2D eigenvalue weighted by Crippen LogP contribution is -2.54. The van der Waals surface area contributed by atoms with Crippen molar-refractivity contribution in [1.29, 1.82) is 0 Å². The largest absolute Gasteiger partial charge is 0.507 e. The van der Waals surface area contributed by atoms with Gasteiger partial charge in [-0.25, -0.2) is 15.0 Å². The molecule has 0 radical (unpaired) electrons. The highest BCUT2D eigenvalue weighted by Crippen LogP contribution is 2.41. The molecule has 7 aromatic rings. The van der Waals surface area contributed by atoms with E-state index in [4.69, 9.17) is 24.5 Å². The van der Waals surface area contributed by atoms with Crippen molar-refractivity contribution in [3.8, 4) is 56.8 Å². The fourth-order valence-corrected chi connectivity index (χ4v) is 12.0. The van der Waals surface area contributed by atoms with Crippen LogP contribution in [0.4, 0.5) is 17.2 Å². The number of carbonyl (C=O) groups is 2. The molecule has 6 atom stereocenters. The topological polar surface area (TPSA) is 241 Å². The number of aromatic nitrogens is 6. The Bertz CT molecular complexity index is 3340. The summed E-state index contributed by atoms with van der Waals surface area (Å²) in [6.07, 6.45) is 6.66. The van der Waals surface area contributed by atoms with Crippen molar-refractivity contribution in [2.75, 3.05) is 41.8 Å². The monoisotopic (exact) mass is 1090 g/mol. The number of benzene rings is 2. The molecule has 2 bridgehead atoms. The van der Waals surface area contributed by atoms with Gasteiger partial charge in [-0.05, 0) is 91.2 Å². The lowest BCUT2D eigenvalue weighted by atomic mass is 9.91. The smallest absolute Gasteiger partial charge is 0.254 e. The normalized spacial score (nSPS) is 21.2. The summed E-state index contributed by atoms with van der Waals surface area (Å²) in [6, 6.07) is 25.8. The quantitative estimate of drug-likeness (QED) is 0.0501. The number of thiazole rings is 1. The average molecular weight is 1090 g/mol. The molecule has 79 heavy (non-hydrogen) atoms. The minimum Gasteiger partial charge on any atom is -0.507 e. The van der Waals surface area contributed by atoms with Crippen LogP contribution in [0.1, 0.15) is 94.0 Å². The van der Waals surface area contributed by atoms with Crippen LogP contribution in [0.5, 0.6) is 23.3 Å². The standard InChI is InChI=1S/C59H63N11O8S/c1-34(2)55(59(74)69-32-43(71)24-50(69)58(73)64-35(3)37-12-14-38(15-13-37)56-36(4)63-33-79-56)52-28-54(67-78-52)75-22-8-7-9-39-16-19-44(29-62-39)76-45-25-46(26-45)77-53-23-40(20-21-61-53)70-41-17-18-42(70)31-68(30-41)49-27-48(65-66-57(49)60)47-10-5-6-11-51(47)72/h5-6,10-16,19-21,23,27-29,33-35,41-43,45-46,50,55,71-72H,8,17-18,22,24-26,30-32H2,1-4H3,(H2,60,66)(H,64,73)/t35-,41+,42?,43+,45-,46-,50-,55+/m0/s1. The molecule has 0 spiro atoms. The molecule has 1 aliphatic carbocycles. The third-order valence-electron chi connectivity index (χ3n) is 15.3. The summed E-state index contributed by atoms with van der Waals surface area (Å²) < 4.78 is 24.1. The molecule has 5 aromatic heterocycles. The molecule has 1 saturated carbocycles. The number of fused-ring (bicyclic) bond motifs is 2. The number of ether oxygens (including phenoxy) is 3. The fourth-order valence-electron chi connectivity index (χ4n) is 11.2. The van der Waals surface area contributed by atoms with E-state index in [9.17, 15) is 19.8 Å². The van der Waals surface area contributed by atoms with E-state index in [0.717, 1.165) is 71.8 Å². The number of pyridine rings is 2. The van der Waals surface area contributed by atoms with Crippen LogP contribution in [0, 0.1) is 24.7 Å². The van der Waals surface area contributed by atoms with Crippen LogP contribution in [0.2, 0.25) is 0 Å². The number of nitrogens with one attached hydrogen (secondary N) is 1. The van der Waals surface area contributed by atoms with Crippen molar-refractivity contribution < 1.29 is 38.5 Å². The first kappa shape index (κ1) is 52.8. The summed E-state index contributed by atoms with van der Waals surface area (Å²) in [5.74, 6) is 6.83. The van der Waals surface area contributed by atoms with Crippen LogP contribution in [0.25, 0.3) is 21.7 Å². The van der Waals surface area contributed by atoms with E-state index in [1.54, 1.807) is 35.7 Å². The molecule has 19 nitrogen and oxygen atoms in total. The van der Waals surface area contributed by atoms with Crippen molar-refractivity contribution in [2.24, 2.45) is 5.92 Å². The number of anilines is 3. The van der Waals surface area contributed by atoms with Gasteiger partial charge in [0.25, 0.3) is 5.88 Å². The third kappa shape index (κ3) is 11.6. The predicted octanol–water partition coefficient (Wildman–Crippen LogP) is 7.89. The van der Waals surface area contributed by atoms with Crippen LogP contribution in [-0.4, -0.2) is 120 Å². The van der Waals surface area contributed by atoms with E-state index >= 15 is 0 Å². The Morgan fingerprint density at radius 1 is 0.899 bits per heavy atom. The minimum absolute atomic E-state index is 0.0132. The van der Waals surface area contributed by atoms with Crippen molar-refractivity contribution in [3.63, 3.8) is 0 Å². The molecule has 5 N–H and O–H groups in total. The van der Waals surface area contributed by atoms with Gasteiger partial charge in [0.2, 0.25) is 17.7 Å². The number of rotatable bonds is 17. The molecule has 2 amide bonds. The van der Waals surface area contributed by atoms with E-state index in [1.807, 2.05) is 100 Å². The molecule has 11 rings (SSSR count). The molecule has 20 heteroatoms. The summed E-state index contributed by atoms with van der Waals surface area (Å²) >= 11 is 1.58. The maximum atomic E-state index is 14.2. The Kier molecular flexibility index (Phi) is 15.3. The maximum absolute atomic E-state index is 14.2. The number of β-amino-alcohol motifs (C(OH)–C–C–N with tert-alkyl or cyclic N) is 1. The van der Waals surface area contributed by atoms with Crippen molar-refractivity contribution >= 4 is 40.3 Å². The number of aliphatic hydroxyl groups excluding tert-OH is 1. The number of nitrogen functional groups attached to an aromatic ring is 1. The van der Waals surface area contributed by atoms with Gasteiger partial charge in [0.1, 0.15) is 48.0 Å². The highest BCUT2D eigenvalue weighted by molar-refractivity contribution is 7.13. The van der Waals surface area contributed by atoms with E-state index in [2.05, 4.69) is 63.3 Å². The summed E-state index contributed by atoms with van der Waals surface area (Å²) in [4.78, 5) is 48.6. The van der Waals surface area contributed by atoms with Gasteiger partial charge in [-0.1, -0.05) is 56.2 Å². The lowest BCUT2D eigenvalue weighted by molar-refractivity contribution is -0.141. The Labute approximate surface area is 462 Å². The van der Waals surface area contributed by atoms with Crippen LogP contribution in [-0.2, 0) is 9.59 Å². The number of amides is 2. The SMILES string of the molecule is Cc1ncsc1-c1ccc([C@H](C)NC(=O)[C@@H]2C[C@@H](O)CN2C(=O)[C@@H](c2cc(OCCC#Cc3ccc(O[C@H]4C[C@H](Oc5cc(N6C7CC[C@@H]6CN(c6cc(-c8ccccc8O)nnc6N)C7)ccn5)C4)cn3)no2)C(C)C)cc1. The molecule has 4 fully saturated rings. The van der Waals surface area contributed by atoms with Crippen LogP contribution >= 0.6 is 11.3 Å². The number of para-hydroxylation sites is 1. The molecular formula is C59H63N11O8S. The molecule has 408 valence electrons. The zero-order valence-corrected chi connectivity index (χ0v) is 45.3. The average Bonchev–Trinajstić information content (AvgIpc) is 4.40. The van der Waals surface area contributed by atoms with Crippen LogP contribution < -0.4 is 35.1 Å². The zero-order chi connectivity index (χ0) is 54.7. The van der Waals surface area contributed by atoms with Gasteiger partial charge in [0.15, 0.2) is 11.6 Å². The summed E-state index contributed by atoms with van der Waals surface area (Å²) in [7, 11) is 0. The molecule has 3 saturated heterocycles. The van der Waals surface area contributed by atoms with E-state index < -0.39 is 18.1 Å². The predicted molar refractivity (Wildman–Crippen MR) is 298 cm³/mol. The summed E-state index contributed by atoms with van der Waals surface area (Å²) in [6.45, 7) is 9.48. The second-order valence-electron chi connectivity index (χ2n) is 21.1. The third-order valence-corrected chi connectivity index (χ3v) is 16.3. The second kappa shape index (κ2) is 23.0. The summed E-state index contributed by atoms with van der Waals surface area (Å²) in [5.41, 5.74) is 14.8. The zero-order valence-electron chi connectivity index (χ0n) is 44.4. The fraction of sp³-hybridized carbons (Fsp3) is 0.390. The van der Waals surface area contributed by atoms with Gasteiger partial charge in [-0.2, -0.15) is 0 Å².